The monoisotopic (exact) mass is 327 g/mol. The van der Waals surface area contributed by atoms with E-state index in [1.54, 1.807) is 4.90 Å². The van der Waals surface area contributed by atoms with E-state index in [4.69, 9.17) is 0 Å². The Morgan fingerprint density at radius 3 is 2.12 bits per heavy atom. The molecule has 2 aromatic heterocycles. The number of aromatic nitrogens is 3. The number of carbonyl (C=O) groups is 2. The first kappa shape index (κ1) is 16.2. The molecule has 3 heterocycles. The van der Waals surface area contributed by atoms with Gasteiger partial charge in [-0.1, -0.05) is 0 Å². The maximum Gasteiger partial charge on any atom is 0.274 e. The zero-order valence-corrected chi connectivity index (χ0v) is 14.2. The SMILES string of the molecule is Cc1cc(C(=O)N2CCN(C(=O)c3cnccn3)CC2)c(C)n1C. The topological polar surface area (TPSA) is 71.3 Å². The van der Waals surface area contributed by atoms with Gasteiger partial charge < -0.3 is 14.4 Å². The maximum absolute atomic E-state index is 12.7. The van der Waals surface area contributed by atoms with E-state index in [0.29, 0.717) is 31.9 Å². The van der Waals surface area contributed by atoms with Gasteiger partial charge in [0.25, 0.3) is 11.8 Å². The van der Waals surface area contributed by atoms with Crippen molar-refractivity contribution in [1.82, 2.24) is 24.3 Å². The average molecular weight is 327 g/mol. The first-order valence-corrected chi connectivity index (χ1v) is 7.96. The molecule has 0 aliphatic carbocycles. The molecule has 0 N–H and O–H groups in total. The molecule has 0 aromatic carbocycles. The second-order valence-corrected chi connectivity index (χ2v) is 6.02. The normalized spacial score (nSPS) is 14.8. The molecule has 1 aliphatic rings. The third kappa shape index (κ3) is 2.89. The van der Waals surface area contributed by atoms with Crippen LogP contribution in [0.5, 0.6) is 0 Å². The molecule has 2 amide bonds. The predicted molar refractivity (Wildman–Crippen MR) is 88.7 cm³/mol. The van der Waals surface area contributed by atoms with Crippen LogP contribution in [0, 0.1) is 13.8 Å². The van der Waals surface area contributed by atoms with Gasteiger partial charge in [-0.15, -0.1) is 0 Å². The summed E-state index contributed by atoms with van der Waals surface area (Å²) >= 11 is 0. The summed E-state index contributed by atoms with van der Waals surface area (Å²) in [6, 6.07) is 1.93. The van der Waals surface area contributed by atoms with Gasteiger partial charge in [0.1, 0.15) is 5.69 Å². The Labute approximate surface area is 140 Å². The number of aryl methyl sites for hydroxylation is 1. The van der Waals surface area contributed by atoms with Crippen molar-refractivity contribution in [3.8, 4) is 0 Å². The molecular weight excluding hydrogens is 306 g/mol. The highest BCUT2D eigenvalue weighted by Crippen LogP contribution is 2.17. The lowest BCUT2D eigenvalue weighted by molar-refractivity contribution is 0.0531. The lowest BCUT2D eigenvalue weighted by atomic mass is 10.2. The second-order valence-electron chi connectivity index (χ2n) is 6.02. The van der Waals surface area contributed by atoms with Crippen LogP contribution in [-0.4, -0.2) is 62.3 Å². The number of rotatable bonds is 2. The summed E-state index contributed by atoms with van der Waals surface area (Å²) in [5.74, 6) is -0.107. The summed E-state index contributed by atoms with van der Waals surface area (Å²) in [6.07, 6.45) is 4.51. The van der Waals surface area contributed by atoms with Gasteiger partial charge in [-0.3, -0.25) is 14.6 Å². The highest BCUT2D eigenvalue weighted by atomic mass is 16.2. The molecule has 0 spiro atoms. The Morgan fingerprint density at radius 1 is 1.00 bits per heavy atom. The van der Waals surface area contributed by atoms with Crippen LogP contribution >= 0.6 is 0 Å². The van der Waals surface area contributed by atoms with E-state index in [-0.39, 0.29) is 11.8 Å². The quantitative estimate of drug-likeness (QED) is 0.826. The van der Waals surface area contributed by atoms with Crippen molar-refractivity contribution in [3.63, 3.8) is 0 Å². The third-order valence-corrected chi connectivity index (χ3v) is 4.64. The van der Waals surface area contributed by atoms with Crippen molar-refractivity contribution in [3.05, 3.63) is 47.3 Å². The summed E-state index contributed by atoms with van der Waals surface area (Å²) < 4.78 is 2.01. The summed E-state index contributed by atoms with van der Waals surface area (Å²) in [6.45, 7) is 6.00. The fourth-order valence-corrected chi connectivity index (χ4v) is 2.93. The van der Waals surface area contributed by atoms with Gasteiger partial charge in [0.2, 0.25) is 0 Å². The number of hydrogen-bond donors (Lipinski definition) is 0. The maximum atomic E-state index is 12.7. The van der Waals surface area contributed by atoms with E-state index >= 15 is 0 Å². The number of piperazine rings is 1. The van der Waals surface area contributed by atoms with Gasteiger partial charge >= 0.3 is 0 Å². The van der Waals surface area contributed by atoms with E-state index in [0.717, 1.165) is 17.0 Å². The molecule has 7 heteroatoms. The van der Waals surface area contributed by atoms with Gasteiger partial charge in [0.05, 0.1) is 11.8 Å². The van der Waals surface area contributed by atoms with Gasteiger partial charge in [-0.25, -0.2) is 4.98 Å². The van der Waals surface area contributed by atoms with E-state index in [2.05, 4.69) is 9.97 Å². The highest BCUT2D eigenvalue weighted by Gasteiger charge is 2.27. The highest BCUT2D eigenvalue weighted by molar-refractivity contribution is 5.96. The van der Waals surface area contributed by atoms with Crippen molar-refractivity contribution < 1.29 is 9.59 Å². The fourth-order valence-electron chi connectivity index (χ4n) is 2.93. The van der Waals surface area contributed by atoms with Crippen molar-refractivity contribution in [2.75, 3.05) is 26.2 Å². The minimum atomic E-state index is -0.137. The molecule has 1 saturated heterocycles. The fraction of sp³-hybridized carbons (Fsp3) is 0.412. The average Bonchev–Trinajstić information content (AvgIpc) is 2.89. The van der Waals surface area contributed by atoms with Crippen LogP contribution in [0.3, 0.4) is 0 Å². The minimum absolute atomic E-state index is 0.0304. The molecule has 1 fully saturated rings. The van der Waals surface area contributed by atoms with Crippen LogP contribution < -0.4 is 0 Å². The van der Waals surface area contributed by atoms with Crippen molar-refractivity contribution in [1.29, 1.82) is 0 Å². The zero-order chi connectivity index (χ0) is 17.3. The largest absolute Gasteiger partial charge is 0.351 e. The molecule has 0 unspecified atom stereocenters. The Morgan fingerprint density at radius 2 is 1.62 bits per heavy atom. The molecule has 0 radical (unpaired) electrons. The lowest BCUT2D eigenvalue weighted by Crippen LogP contribution is -2.50. The van der Waals surface area contributed by atoms with E-state index in [1.165, 1.54) is 18.6 Å². The summed E-state index contributed by atoms with van der Waals surface area (Å²) in [4.78, 5) is 36.6. The predicted octanol–water partition coefficient (Wildman–Crippen LogP) is 1.03. The van der Waals surface area contributed by atoms with Crippen molar-refractivity contribution in [2.24, 2.45) is 7.05 Å². The van der Waals surface area contributed by atoms with Gasteiger partial charge in [0.15, 0.2) is 0 Å². The van der Waals surface area contributed by atoms with E-state index in [9.17, 15) is 9.59 Å². The molecule has 1 aliphatic heterocycles. The van der Waals surface area contributed by atoms with E-state index in [1.807, 2.05) is 36.4 Å². The number of amides is 2. The zero-order valence-electron chi connectivity index (χ0n) is 14.2. The summed E-state index contributed by atoms with van der Waals surface area (Å²) in [7, 11) is 1.96. The molecular formula is C17H21N5O2. The standard InChI is InChI=1S/C17H21N5O2/c1-12-10-14(13(2)20(12)3)16(23)21-6-8-22(9-7-21)17(24)15-11-18-4-5-19-15/h4-5,10-11H,6-9H2,1-3H3. The number of nitrogens with zero attached hydrogens (tertiary/aromatic N) is 5. The Hall–Kier alpha value is -2.70. The molecule has 0 atom stereocenters. The van der Waals surface area contributed by atoms with Crippen LogP contribution in [0.1, 0.15) is 32.2 Å². The van der Waals surface area contributed by atoms with Gasteiger partial charge in [0, 0.05) is 57.0 Å². The molecule has 24 heavy (non-hydrogen) atoms. The van der Waals surface area contributed by atoms with Crippen LogP contribution in [-0.2, 0) is 7.05 Å². The summed E-state index contributed by atoms with van der Waals surface area (Å²) in [5, 5.41) is 0. The molecule has 3 rings (SSSR count). The molecule has 126 valence electrons. The second kappa shape index (κ2) is 6.43. The minimum Gasteiger partial charge on any atom is -0.351 e. The molecule has 7 nitrogen and oxygen atoms in total. The number of carbonyl (C=O) groups excluding carboxylic acids is 2. The lowest BCUT2D eigenvalue weighted by Gasteiger charge is -2.34. The van der Waals surface area contributed by atoms with E-state index < -0.39 is 0 Å². The van der Waals surface area contributed by atoms with Crippen molar-refractivity contribution in [2.45, 2.75) is 13.8 Å². The Bertz CT molecular complexity index is 761. The van der Waals surface area contributed by atoms with Gasteiger partial charge in [-0.05, 0) is 19.9 Å². The number of hydrogen-bond acceptors (Lipinski definition) is 4. The smallest absolute Gasteiger partial charge is 0.274 e. The first-order chi connectivity index (χ1) is 11.5. The third-order valence-electron chi connectivity index (χ3n) is 4.64. The van der Waals surface area contributed by atoms with Crippen LogP contribution in [0.2, 0.25) is 0 Å². The Balaban J connectivity index is 1.65. The first-order valence-electron chi connectivity index (χ1n) is 7.96. The van der Waals surface area contributed by atoms with Crippen molar-refractivity contribution >= 4 is 11.8 Å². The molecule has 2 aromatic rings. The summed E-state index contributed by atoms with van der Waals surface area (Å²) in [5.41, 5.74) is 3.11. The van der Waals surface area contributed by atoms with Crippen LogP contribution in [0.25, 0.3) is 0 Å². The van der Waals surface area contributed by atoms with Crippen LogP contribution in [0.15, 0.2) is 24.7 Å². The van der Waals surface area contributed by atoms with Crippen LogP contribution in [0.4, 0.5) is 0 Å². The Kier molecular flexibility index (Phi) is 4.33. The van der Waals surface area contributed by atoms with Gasteiger partial charge in [-0.2, -0.15) is 0 Å². The molecule has 0 bridgehead atoms. The molecule has 0 saturated carbocycles.